The van der Waals surface area contributed by atoms with E-state index in [1.807, 2.05) is 6.92 Å². The molecule has 35 valence electrons. The van der Waals surface area contributed by atoms with Crippen LogP contribution in [0.3, 0.4) is 0 Å². The first kappa shape index (κ1) is 7.38. The normalized spacial score (nSPS) is 7.57. The van der Waals surface area contributed by atoms with Crippen molar-refractivity contribution in [3.63, 3.8) is 0 Å². The van der Waals surface area contributed by atoms with Crippen LogP contribution in [-0.4, -0.2) is 0 Å². The molecule has 0 unspecified atom stereocenters. The number of hydrogen-bond acceptors (Lipinski definition) is 1. The average Bonchev–Trinajstić information content (AvgIpc) is 1.86. The van der Waals surface area contributed by atoms with E-state index in [0.717, 1.165) is 5.56 Å². The van der Waals surface area contributed by atoms with Crippen LogP contribution in [0.25, 0.3) is 0 Å². The van der Waals surface area contributed by atoms with E-state index >= 15 is 0 Å². The first-order valence-electron chi connectivity index (χ1n) is 1.81. The Kier molecular flexibility index (Phi) is 3.58. The molecule has 0 saturated carbocycles. The smallest absolute Gasteiger partial charge is 0 e. The number of furan rings is 1. The first-order chi connectivity index (χ1) is 2.89. The number of rotatable bonds is 0. The molecule has 0 bridgehead atoms. The van der Waals surface area contributed by atoms with Gasteiger partial charge in [-0.2, -0.15) is 5.56 Å². The summed E-state index contributed by atoms with van der Waals surface area (Å²) in [5, 5.41) is 0. The van der Waals surface area contributed by atoms with Gasteiger partial charge < -0.3 is 4.42 Å². The second kappa shape index (κ2) is 3.39. The van der Waals surface area contributed by atoms with E-state index in [-0.39, 0.29) is 32.7 Å². The summed E-state index contributed by atoms with van der Waals surface area (Å²) in [4.78, 5) is 0. The zero-order chi connectivity index (χ0) is 4.41. The van der Waals surface area contributed by atoms with Gasteiger partial charge in [0.2, 0.25) is 0 Å². The summed E-state index contributed by atoms with van der Waals surface area (Å²) in [6.45, 7) is 1.96. The maximum Gasteiger partial charge on any atom is 0 e. The molecule has 1 heterocycles. The van der Waals surface area contributed by atoms with E-state index in [0.29, 0.717) is 0 Å². The van der Waals surface area contributed by atoms with Crippen LogP contribution in [0.4, 0.5) is 0 Å². The van der Waals surface area contributed by atoms with E-state index in [2.05, 4.69) is 10.7 Å². The second-order valence-corrected chi connectivity index (χ2v) is 1.24. The van der Waals surface area contributed by atoms with Gasteiger partial charge in [-0.25, -0.2) is 0 Å². The minimum Gasteiger partial charge on any atom is -0.599 e. The van der Waals surface area contributed by atoms with Crippen LogP contribution in [0, 0.1) is 13.2 Å². The summed E-state index contributed by atoms with van der Waals surface area (Å²) >= 11 is 0. The molecule has 0 atom stereocenters. The van der Waals surface area contributed by atoms with Crippen LogP contribution in [0.5, 0.6) is 0 Å². The summed E-state index contributed by atoms with van der Waals surface area (Å²) in [5.74, 6) is 0. The van der Waals surface area contributed by atoms with Crippen LogP contribution < -0.4 is 0 Å². The molecule has 1 aromatic rings. The Bertz CT molecular complexity index is 112. The van der Waals surface area contributed by atoms with Gasteiger partial charge in [-0.3, -0.25) is 0 Å². The quantitative estimate of drug-likeness (QED) is 0.536. The van der Waals surface area contributed by atoms with Crippen LogP contribution in [-0.2, 0) is 32.7 Å². The topological polar surface area (TPSA) is 13.1 Å². The molecular weight excluding hydrogens is 165 g/mol. The molecule has 1 aromatic heterocycles. The third kappa shape index (κ3) is 2.25. The third-order valence-corrected chi connectivity index (χ3v) is 0.599. The zero-order valence-electron chi connectivity index (χ0n) is 4.14. The van der Waals surface area contributed by atoms with Crippen molar-refractivity contribution in [1.29, 1.82) is 0 Å². The summed E-state index contributed by atoms with van der Waals surface area (Å²) in [6, 6.07) is 1.79. The van der Waals surface area contributed by atoms with E-state index in [9.17, 15) is 0 Å². The molecule has 0 spiro atoms. The Morgan fingerprint density at radius 1 is 1.71 bits per heavy atom. The largest absolute Gasteiger partial charge is 0.599 e. The minimum atomic E-state index is 0. The first-order valence-corrected chi connectivity index (χ1v) is 1.81. The second-order valence-electron chi connectivity index (χ2n) is 1.24. The molecule has 0 amide bonds. The van der Waals surface area contributed by atoms with Crippen molar-refractivity contribution in [2.24, 2.45) is 0 Å². The summed E-state index contributed by atoms with van der Waals surface area (Å²) < 4.78 is 4.59. The molecule has 0 fully saturated rings. The Balaban J connectivity index is 0.000000360. The molecule has 1 rings (SSSR count). The fraction of sp³-hybridized carbons (Fsp3) is 0.200. The van der Waals surface area contributed by atoms with Crippen LogP contribution in [0.2, 0.25) is 0 Å². The number of aryl methyl sites for hydroxylation is 1. The Hall–Kier alpha value is 0.384. The van der Waals surface area contributed by atoms with E-state index < -0.39 is 0 Å². The molecular formula is C5H5OY-. The summed E-state index contributed by atoms with van der Waals surface area (Å²) in [6.07, 6.45) is 4.21. The monoisotopic (exact) mass is 170 g/mol. The average molecular weight is 170 g/mol. The van der Waals surface area contributed by atoms with Crippen molar-refractivity contribution in [2.45, 2.75) is 6.92 Å². The third-order valence-electron chi connectivity index (χ3n) is 0.599. The van der Waals surface area contributed by atoms with Gasteiger partial charge in [-0.05, 0) is 6.26 Å². The zero-order valence-corrected chi connectivity index (χ0v) is 6.98. The Morgan fingerprint density at radius 3 is 2.57 bits per heavy atom. The minimum absolute atomic E-state index is 0. The summed E-state index contributed by atoms with van der Waals surface area (Å²) in [7, 11) is 0. The van der Waals surface area contributed by atoms with Crippen molar-refractivity contribution in [3.8, 4) is 0 Å². The van der Waals surface area contributed by atoms with E-state index in [1.54, 1.807) is 12.3 Å². The van der Waals surface area contributed by atoms with Crippen molar-refractivity contribution in [2.75, 3.05) is 0 Å². The molecule has 2 heteroatoms. The maximum atomic E-state index is 4.59. The SMILES string of the molecule is Cc1c[c-]oc1.[Y]. The summed E-state index contributed by atoms with van der Waals surface area (Å²) in [5.41, 5.74) is 1.12. The van der Waals surface area contributed by atoms with Gasteiger partial charge in [0, 0.05) is 32.7 Å². The maximum absolute atomic E-state index is 4.59. The molecule has 0 N–H and O–H groups in total. The molecule has 0 aliphatic rings. The van der Waals surface area contributed by atoms with Gasteiger partial charge in [-0.15, -0.1) is 6.07 Å². The molecule has 0 aliphatic heterocycles. The molecule has 0 saturated heterocycles. The predicted molar refractivity (Wildman–Crippen MR) is 22.3 cm³/mol. The van der Waals surface area contributed by atoms with Gasteiger partial charge in [0.25, 0.3) is 0 Å². The van der Waals surface area contributed by atoms with Crippen molar-refractivity contribution in [3.05, 3.63) is 24.2 Å². The van der Waals surface area contributed by atoms with Gasteiger partial charge in [0.1, 0.15) is 0 Å². The van der Waals surface area contributed by atoms with Crippen LogP contribution >= 0.6 is 0 Å². The van der Waals surface area contributed by atoms with Crippen molar-refractivity contribution < 1.29 is 37.1 Å². The van der Waals surface area contributed by atoms with Gasteiger partial charge in [0.05, 0.1) is 0 Å². The molecule has 1 radical (unpaired) electrons. The van der Waals surface area contributed by atoms with E-state index in [4.69, 9.17) is 0 Å². The fourth-order valence-corrected chi connectivity index (χ4v) is 0.288. The Morgan fingerprint density at radius 2 is 2.43 bits per heavy atom. The van der Waals surface area contributed by atoms with Crippen molar-refractivity contribution in [1.82, 2.24) is 0 Å². The molecule has 0 aliphatic carbocycles. The molecule has 0 aromatic carbocycles. The Labute approximate surface area is 68.0 Å². The standard InChI is InChI=1S/C5H5O.Y/c1-5-2-3-6-4-5;/h2,4H,1H3;/q-1;. The van der Waals surface area contributed by atoms with Crippen molar-refractivity contribution >= 4 is 0 Å². The molecule has 7 heavy (non-hydrogen) atoms. The van der Waals surface area contributed by atoms with Gasteiger partial charge >= 0.3 is 0 Å². The number of hydrogen-bond donors (Lipinski definition) is 0. The van der Waals surface area contributed by atoms with E-state index in [1.165, 1.54) is 0 Å². The van der Waals surface area contributed by atoms with Crippen LogP contribution in [0.1, 0.15) is 5.56 Å². The van der Waals surface area contributed by atoms with Gasteiger partial charge in [-0.1, -0.05) is 13.2 Å². The van der Waals surface area contributed by atoms with Gasteiger partial charge in [0.15, 0.2) is 0 Å². The molecule has 1 nitrogen and oxygen atoms in total. The fourth-order valence-electron chi connectivity index (χ4n) is 0.288. The van der Waals surface area contributed by atoms with Crippen LogP contribution in [0.15, 0.2) is 16.7 Å². The predicted octanol–water partition coefficient (Wildman–Crippen LogP) is 1.39.